The van der Waals surface area contributed by atoms with Gasteiger partial charge in [-0.15, -0.1) is 0 Å². The van der Waals surface area contributed by atoms with Crippen LogP contribution in [-0.2, 0) is 4.79 Å². The molecule has 0 amide bonds. The molecule has 0 aromatic heterocycles. The minimum Gasteiger partial charge on any atom is -0.301 e. The van der Waals surface area contributed by atoms with Gasteiger partial charge in [-0.05, 0) is 6.72 Å². The van der Waals surface area contributed by atoms with Gasteiger partial charge in [0, 0.05) is 5.75 Å². The Bertz CT molecular complexity index is 66.1. The van der Waals surface area contributed by atoms with Crippen LogP contribution in [0.1, 0.15) is 0 Å². The average Bonchev–Trinajstić information content (AvgIpc) is 1.72. The number of thiol groups is 1. The quantitative estimate of drug-likeness (QED) is 0.319. The summed E-state index contributed by atoms with van der Waals surface area (Å²) in [6.07, 6.45) is 0.722. The van der Waals surface area contributed by atoms with E-state index in [0.717, 1.165) is 6.29 Å². The highest BCUT2D eigenvalue weighted by molar-refractivity contribution is 7.80. The van der Waals surface area contributed by atoms with E-state index in [4.69, 9.17) is 0 Å². The zero-order chi connectivity index (χ0) is 5.70. The second kappa shape index (κ2) is 3.87. The standard InChI is InChI=1S/C4H7NOS/c1-5-4(2-6)3-7/h2,4,7H,1,3H2/t4-/m1/s1. The molecule has 0 aliphatic carbocycles. The molecule has 0 bridgehead atoms. The van der Waals surface area contributed by atoms with Crippen LogP contribution in [0.2, 0.25) is 0 Å². The van der Waals surface area contributed by atoms with Crippen molar-refractivity contribution in [3.8, 4) is 0 Å². The molecule has 0 saturated carbocycles. The zero-order valence-electron chi connectivity index (χ0n) is 3.87. The predicted octanol–water partition coefficient (Wildman–Crippen LogP) is 0.184. The number of nitrogens with zero attached hydrogens (tertiary/aromatic N) is 1. The van der Waals surface area contributed by atoms with Crippen LogP contribution in [0.4, 0.5) is 0 Å². The van der Waals surface area contributed by atoms with Crippen LogP contribution in [0.5, 0.6) is 0 Å². The molecule has 0 unspecified atom stereocenters. The molecule has 0 heterocycles. The number of hydrogen-bond acceptors (Lipinski definition) is 3. The van der Waals surface area contributed by atoms with Crippen molar-refractivity contribution in [1.29, 1.82) is 0 Å². The lowest BCUT2D eigenvalue weighted by atomic mass is 10.4. The molecular formula is C4H7NOS. The molecule has 40 valence electrons. The summed E-state index contributed by atoms with van der Waals surface area (Å²) < 4.78 is 0. The van der Waals surface area contributed by atoms with Crippen molar-refractivity contribution in [2.24, 2.45) is 4.99 Å². The molecule has 0 saturated heterocycles. The summed E-state index contributed by atoms with van der Waals surface area (Å²) >= 11 is 3.81. The SMILES string of the molecule is C=N[C@H](C=O)CS. The minimum absolute atomic E-state index is 0.316. The van der Waals surface area contributed by atoms with Crippen LogP contribution in [-0.4, -0.2) is 24.8 Å². The number of hydrogen-bond donors (Lipinski definition) is 1. The van der Waals surface area contributed by atoms with Crippen LogP contribution in [0.3, 0.4) is 0 Å². The van der Waals surface area contributed by atoms with Crippen molar-refractivity contribution in [3.63, 3.8) is 0 Å². The fraction of sp³-hybridized carbons (Fsp3) is 0.500. The van der Waals surface area contributed by atoms with Crippen LogP contribution in [0.25, 0.3) is 0 Å². The van der Waals surface area contributed by atoms with Crippen LogP contribution in [0.15, 0.2) is 4.99 Å². The number of rotatable bonds is 3. The first-order valence-electron chi connectivity index (χ1n) is 1.87. The van der Waals surface area contributed by atoms with Gasteiger partial charge in [0.15, 0.2) is 0 Å². The molecule has 7 heavy (non-hydrogen) atoms. The van der Waals surface area contributed by atoms with Gasteiger partial charge >= 0.3 is 0 Å². The lowest BCUT2D eigenvalue weighted by Crippen LogP contribution is -2.05. The van der Waals surface area contributed by atoms with E-state index in [-0.39, 0.29) is 6.04 Å². The predicted molar refractivity (Wildman–Crippen MR) is 33.3 cm³/mol. The third-order valence-corrected chi connectivity index (χ3v) is 0.953. The maximum Gasteiger partial charge on any atom is 0.145 e. The van der Waals surface area contributed by atoms with Crippen molar-refractivity contribution in [2.75, 3.05) is 5.75 Å². The van der Waals surface area contributed by atoms with Gasteiger partial charge in [-0.2, -0.15) is 12.6 Å². The Labute approximate surface area is 48.0 Å². The first kappa shape index (κ1) is 6.69. The first-order valence-corrected chi connectivity index (χ1v) is 2.50. The van der Waals surface area contributed by atoms with E-state index in [1.54, 1.807) is 0 Å². The molecular weight excluding hydrogens is 110 g/mol. The molecule has 3 heteroatoms. The largest absolute Gasteiger partial charge is 0.301 e. The molecule has 0 aliphatic rings. The van der Waals surface area contributed by atoms with Crippen LogP contribution >= 0.6 is 12.6 Å². The smallest absolute Gasteiger partial charge is 0.145 e. The summed E-state index contributed by atoms with van der Waals surface area (Å²) in [5, 5.41) is 0. The van der Waals surface area contributed by atoms with Gasteiger partial charge in [-0.25, -0.2) is 0 Å². The molecule has 0 radical (unpaired) electrons. The van der Waals surface area contributed by atoms with Crippen molar-refractivity contribution in [3.05, 3.63) is 0 Å². The molecule has 0 spiro atoms. The Morgan fingerprint density at radius 3 is 2.57 bits per heavy atom. The summed E-state index contributed by atoms with van der Waals surface area (Å²) in [6.45, 7) is 3.17. The highest BCUT2D eigenvalue weighted by Crippen LogP contribution is 1.85. The highest BCUT2D eigenvalue weighted by atomic mass is 32.1. The monoisotopic (exact) mass is 117 g/mol. The highest BCUT2D eigenvalue weighted by Gasteiger charge is 1.95. The van der Waals surface area contributed by atoms with Gasteiger partial charge in [0.05, 0.1) is 0 Å². The number of aldehydes is 1. The maximum absolute atomic E-state index is 9.78. The fourth-order valence-electron chi connectivity index (χ4n) is 0.144. The van der Waals surface area contributed by atoms with Crippen molar-refractivity contribution in [2.45, 2.75) is 6.04 Å². The normalized spacial score (nSPS) is 12.7. The Balaban J connectivity index is 3.36. The summed E-state index contributed by atoms with van der Waals surface area (Å²) in [5.41, 5.74) is 0. The number of aliphatic imine (C=N–C) groups is 1. The zero-order valence-corrected chi connectivity index (χ0v) is 4.77. The van der Waals surface area contributed by atoms with Gasteiger partial charge in [-0.1, -0.05) is 0 Å². The summed E-state index contributed by atoms with van der Waals surface area (Å²) in [5.74, 6) is 0.451. The van der Waals surface area contributed by atoms with Gasteiger partial charge in [0.1, 0.15) is 12.3 Å². The maximum atomic E-state index is 9.78. The summed E-state index contributed by atoms with van der Waals surface area (Å²) in [6, 6.07) is -0.316. The van der Waals surface area contributed by atoms with Gasteiger partial charge in [0.2, 0.25) is 0 Å². The van der Waals surface area contributed by atoms with E-state index in [1.807, 2.05) is 0 Å². The Morgan fingerprint density at radius 2 is 2.57 bits per heavy atom. The Kier molecular flexibility index (Phi) is 3.69. The molecule has 0 aromatic carbocycles. The van der Waals surface area contributed by atoms with Gasteiger partial charge in [0.25, 0.3) is 0 Å². The second-order valence-corrected chi connectivity index (χ2v) is 1.43. The third-order valence-electron chi connectivity index (χ3n) is 0.579. The van der Waals surface area contributed by atoms with Gasteiger partial charge < -0.3 is 4.79 Å². The van der Waals surface area contributed by atoms with Crippen LogP contribution < -0.4 is 0 Å². The van der Waals surface area contributed by atoms with E-state index < -0.39 is 0 Å². The van der Waals surface area contributed by atoms with E-state index in [0.29, 0.717) is 5.75 Å². The van der Waals surface area contributed by atoms with E-state index in [9.17, 15) is 4.79 Å². The first-order chi connectivity index (χ1) is 3.35. The van der Waals surface area contributed by atoms with Crippen LogP contribution in [0, 0.1) is 0 Å². The fourth-order valence-corrected chi connectivity index (χ4v) is 0.345. The number of carbonyl (C=O) groups is 1. The lowest BCUT2D eigenvalue weighted by Gasteiger charge is -1.92. The topological polar surface area (TPSA) is 29.4 Å². The molecule has 0 aliphatic heterocycles. The van der Waals surface area contributed by atoms with Crippen molar-refractivity contribution < 1.29 is 4.79 Å². The molecule has 1 atom stereocenters. The van der Waals surface area contributed by atoms with Crippen molar-refractivity contribution >= 4 is 25.6 Å². The van der Waals surface area contributed by atoms with Crippen molar-refractivity contribution in [1.82, 2.24) is 0 Å². The lowest BCUT2D eigenvalue weighted by molar-refractivity contribution is -0.108. The van der Waals surface area contributed by atoms with Gasteiger partial charge in [-0.3, -0.25) is 4.99 Å². The van der Waals surface area contributed by atoms with E-state index in [1.165, 1.54) is 0 Å². The summed E-state index contributed by atoms with van der Waals surface area (Å²) in [4.78, 5) is 13.2. The molecule has 0 fully saturated rings. The summed E-state index contributed by atoms with van der Waals surface area (Å²) in [7, 11) is 0. The van der Waals surface area contributed by atoms with E-state index in [2.05, 4.69) is 24.3 Å². The Morgan fingerprint density at radius 1 is 2.00 bits per heavy atom. The molecule has 0 N–H and O–H groups in total. The third kappa shape index (κ3) is 2.39. The molecule has 0 aromatic rings. The second-order valence-electron chi connectivity index (χ2n) is 1.07. The average molecular weight is 117 g/mol. The minimum atomic E-state index is -0.316. The number of carbonyl (C=O) groups excluding carboxylic acids is 1. The molecule has 2 nitrogen and oxygen atoms in total. The Hall–Kier alpha value is -0.310. The van der Waals surface area contributed by atoms with E-state index >= 15 is 0 Å². The molecule has 0 rings (SSSR count).